The van der Waals surface area contributed by atoms with E-state index < -0.39 is 0 Å². The number of furan rings is 1. The number of carbonyl (C=O) groups is 1. The molecule has 2 aromatic rings. The molecule has 4 nitrogen and oxygen atoms in total. The van der Waals surface area contributed by atoms with Crippen molar-refractivity contribution in [3.8, 4) is 5.75 Å². The molecule has 1 aromatic heterocycles. The minimum absolute atomic E-state index is 0.0518. The molecule has 1 N–H and O–H groups in total. The highest BCUT2D eigenvalue weighted by atomic mass is 16.5. The molecule has 1 heterocycles. The van der Waals surface area contributed by atoms with Crippen molar-refractivity contribution in [3.05, 3.63) is 54.0 Å². The third kappa shape index (κ3) is 4.50. The Bertz CT molecular complexity index is 520. The number of hydrogen-bond acceptors (Lipinski definition) is 3. The van der Waals surface area contributed by atoms with Crippen LogP contribution in [0.3, 0.4) is 0 Å². The van der Waals surface area contributed by atoms with Crippen LogP contribution in [-0.2, 0) is 11.3 Å². The van der Waals surface area contributed by atoms with Gasteiger partial charge in [0.15, 0.2) is 0 Å². The molecule has 4 heteroatoms. The fourth-order valence-corrected chi connectivity index (χ4v) is 1.65. The molecule has 0 saturated heterocycles. The van der Waals surface area contributed by atoms with Crippen LogP contribution >= 0.6 is 0 Å². The van der Waals surface area contributed by atoms with Crippen LogP contribution in [0.5, 0.6) is 5.75 Å². The third-order valence-corrected chi connectivity index (χ3v) is 2.63. The Morgan fingerprint density at radius 2 is 2.21 bits per heavy atom. The van der Waals surface area contributed by atoms with Gasteiger partial charge in [-0.1, -0.05) is 12.1 Å². The first-order valence-corrected chi connectivity index (χ1v) is 6.22. The van der Waals surface area contributed by atoms with Gasteiger partial charge in [0.25, 0.3) is 0 Å². The van der Waals surface area contributed by atoms with Gasteiger partial charge in [-0.15, -0.1) is 0 Å². The molecule has 0 saturated carbocycles. The van der Waals surface area contributed by atoms with Crippen molar-refractivity contribution in [2.75, 3.05) is 6.61 Å². The maximum Gasteiger partial charge on any atom is 0.223 e. The molecule has 0 spiro atoms. The topological polar surface area (TPSA) is 51.5 Å². The second-order valence-electron chi connectivity index (χ2n) is 4.27. The van der Waals surface area contributed by atoms with Crippen molar-refractivity contribution in [1.82, 2.24) is 5.32 Å². The summed E-state index contributed by atoms with van der Waals surface area (Å²) in [4.78, 5) is 11.6. The number of hydrogen-bond donors (Lipinski definition) is 1. The normalized spacial score (nSPS) is 10.2. The quantitative estimate of drug-likeness (QED) is 0.867. The minimum Gasteiger partial charge on any atom is -0.493 e. The Balaban J connectivity index is 1.66. The van der Waals surface area contributed by atoms with Crippen LogP contribution in [0.4, 0.5) is 0 Å². The van der Waals surface area contributed by atoms with Crippen molar-refractivity contribution in [1.29, 1.82) is 0 Å². The van der Waals surface area contributed by atoms with Gasteiger partial charge in [-0.2, -0.15) is 0 Å². The third-order valence-electron chi connectivity index (χ3n) is 2.63. The summed E-state index contributed by atoms with van der Waals surface area (Å²) in [7, 11) is 0. The van der Waals surface area contributed by atoms with Gasteiger partial charge in [-0.25, -0.2) is 0 Å². The zero-order valence-electron chi connectivity index (χ0n) is 10.9. The van der Waals surface area contributed by atoms with E-state index in [9.17, 15) is 4.79 Å². The SMILES string of the molecule is Cc1cccc(OCCC(=O)NCc2ccco2)c1. The zero-order chi connectivity index (χ0) is 13.5. The highest BCUT2D eigenvalue weighted by Crippen LogP contribution is 2.12. The smallest absolute Gasteiger partial charge is 0.223 e. The van der Waals surface area contributed by atoms with E-state index in [1.165, 1.54) is 0 Å². The van der Waals surface area contributed by atoms with Crippen molar-refractivity contribution in [2.45, 2.75) is 19.9 Å². The number of nitrogens with one attached hydrogen (secondary N) is 1. The van der Waals surface area contributed by atoms with Gasteiger partial charge < -0.3 is 14.5 Å². The molecule has 0 atom stereocenters. The molecule has 0 unspecified atom stereocenters. The summed E-state index contributed by atoms with van der Waals surface area (Å²) in [5.41, 5.74) is 1.14. The average Bonchev–Trinajstić information content (AvgIpc) is 2.89. The summed E-state index contributed by atoms with van der Waals surface area (Å²) in [6.07, 6.45) is 1.91. The van der Waals surface area contributed by atoms with Crippen LogP contribution in [0.25, 0.3) is 0 Å². The Morgan fingerprint density at radius 1 is 1.32 bits per heavy atom. The molecular formula is C15H17NO3. The predicted octanol–water partition coefficient (Wildman–Crippen LogP) is 2.67. The Hall–Kier alpha value is -2.23. The van der Waals surface area contributed by atoms with Crippen LogP contribution in [0.1, 0.15) is 17.7 Å². The first-order chi connectivity index (χ1) is 9.24. The van der Waals surface area contributed by atoms with Gasteiger partial charge in [0.2, 0.25) is 5.91 Å². The van der Waals surface area contributed by atoms with E-state index in [4.69, 9.17) is 9.15 Å². The maximum absolute atomic E-state index is 11.6. The van der Waals surface area contributed by atoms with Gasteiger partial charge in [0.1, 0.15) is 11.5 Å². The molecule has 2 rings (SSSR count). The van der Waals surface area contributed by atoms with Gasteiger partial charge >= 0.3 is 0 Å². The van der Waals surface area contributed by atoms with E-state index in [1.54, 1.807) is 12.3 Å². The summed E-state index contributed by atoms with van der Waals surface area (Å²) in [6.45, 7) is 2.78. The number of aryl methyl sites for hydroxylation is 1. The lowest BCUT2D eigenvalue weighted by Gasteiger charge is -2.07. The van der Waals surface area contributed by atoms with Gasteiger partial charge in [-0.3, -0.25) is 4.79 Å². The van der Waals surface area contributed by atoms with Gasteiger partial charge in [-0.05, 0) is 36.8 Å². The van der Waals surface area contributed by atoms with Crippen LogP contribution < -0.4 is 10.1 Å². The Labute approximate surface area is 112 Å². The first-order valence-electron chi connectivity index (χ1n) is 6.22. The van der Waals surface area contributed by atoms with E-state index in [0.29, 0.717) is 19.6 Å². The highest BCUT2D eigenvalue weighted by molar-refractivity contribution is 5.75. The standard InChI is InChI=1S/C15H17NO3/c1-12-4-2-5-13(10-12)19-9-7-15(17)16-11-14-6-3-8-18-14/h2-6,8,10H,7,9,11H2,1H3,(H,16,17). The van der Waals surface area contributed by atoms with Crippen molar-refractivity contribution in [2.24, 2.45) is 0 Å². The number of carbonyl (C=O) groups excluding carboxylic acids is 1. The molecular weight excluding hydrogens is 242 g/mol. The van der Waals surface area contributed by atoms with Crippen molar-refractivity contribution >= 4 is 5.91 Å². The minimum atomic E-state index is -0.0518. The summed E-state index contributed by atoms with van der Waals surface area (Å²) in [5.74, 6) is 1.48. The lowest BCUT2D eigenvalue weighted by atomic mass is 10.2. The fraction of sp³-hybridized carbons (Fsp3) is 0.267. The van der Waals surface area contributed by atoms with Crippen LogP contribution in [-0.4, -0.2) is 12.5 Å². The molecule has 0 aliphatic carbocycles. The van der Waals surface area contributed by atoms with Crippen LogP contribution in [0.2, 0.25) is 0 Å². The fourth-order valence-electron chi connectivity index (χ4n) is 1.65. The summed E-state index contributed by atoms with van der Waals surface area (Å²) >= 11 is 0. The molecule has 0 aliphatic heterocycles. The first kappa shape index (κ1) is 13.2. The Kier molecular flexibility index (Phi) is 4.61. The van der Waals surface area contributed by atoms with Crippen LogP contribution in [0, 0.1) is 6.92 Å². The molecule has 1 aromatic carbocycles. The monoisotopic (exact) mass is 259 g/mol. The lowest BCUT2D eigenvalue weighted by Crippen LogP contribution is -2.24. The van der Waals surface area contributed by atoms with E-state index in [2.05, 4.69) is 5.32 Å². The highest BCUT2D eigenvalue weighted by Gasteiger charge is 2.03. The Morgan fingerprint density at radius 3 is 2.95 bits per heavy atom. The largest absolute Gasteiger partial charge is 0.493 e. The molecule has 0 fully saturated rings. The van der Waals surface area contributed by atoms with E-state index in [1.807, 2.05) is 37.3 Å². The summed E-state index contributed by atoms with van der Waals surface area (Å²) in [5, 5.41) is 2.77. The molecule has 100 valence electrons. The maximum atomic E-state index is 11.6. The summed E-state index contributed by atoms with van der Waals surface area (Å²) < 4.78 is 10.6. The van der Waals surface area contributed by atoms with Crippen LogP contribution in [0.15, 0.2) is 47.1 Å². The number of ether oxygens (including phenoxy) is 1. The number of benzene rings is 1. The predicted molar refractivity (Wildman–Crippen MR) is 71.8 cm³/mol. The van der Waals surface area contributed by atoms with E-state index in [-0.39, 0.29) is 5.91 Å². The van der Waals surface area contributed by atoms with E-state index in [0.717, 1.165) is 17.1 Å². The van der Waals surface area contributed by atoms with Crippen molar-refractivity contribution in [3.63, 3.8) is 0 Å². The van der Waals surface area contributed by atoms with Crippen molar-refractivity contribution < 1.29 is 13.9 Å². The molecule has 0 bridgehead atoms. The molecule has 19 heavy (non-hydrogen) atoms. The second kappa shape index (κ2) is 6.64. The second-order valence-corrected chi connectivity index (χ2v) is 4.27. The zero-order valence-corrected chi connectivity index (χ0v) is 10.9. The number of amides is 1. The molecule has 0 aliphatic rings. The van der Waals surface area contributed by atoms with Gasteiger partial charge in [0, 0.05) is 0 Å². The molecule has 1 amide bonds. The average molecular weight is 259 g/mol. The lowest BCUT2D eigenvalue weighted by molar-refractivity contribution is -0.121. The van der Waals surface area contributed by atoms with Gasteiger partial charge in [0.05, 0.1) is 25.8 Å². The summed E-state index contributed by atoms with van der Waals surface area (Å²) in [6, 6.07) is 11.4. The molecule has 0 radical (unpaired) electrons. The number of rotatable bonds is 6. The van der Waals surface area contributed by atoms with E-state index >= 15 is 0 Å².